The molecule has 0 aliphatic carbocycles. The molecule has 0 saturated carbocycles. The van der Waals surface area contributed by atoms with Crippen molar-refractivity contribution in [1.82, 2.24) is 19.9 Å². The fourth-order valence-corrected chi connectivity index (χ4v) is 2.83. The average Bonchev–Trinajstić information content (AvgIpc) is 2.84. The van der Waals surface area contributed by atoms with Gasteiger partial charge in [-0.25, -0.2) is 4.98 Å². The number of rotatable bonds is 4. The zero-order valence-corrected chi connectivity index (χ0v) is 12.2. The highest BCUT2D eigenvalue weighted by molar-refractivity contribution is 5.74. The second-order valence-corrected chi connectivity index (χ2v) is 5.62. The molecule has 1 fully saturated rings. The highest BCUT2D eigenvalue weighted by Crippen LogP contribution is 2.21. The van der Waals surface area contributed by atoms with E-state index < -0.39 is 0 Å². The van der Waals surface area contributed by atoms with E-state index in [4.69, 9.17) is 4.74 Å². The number of aromatic nitrogens is 3. The quantitative estimate of drug-likeness (QED) is 0.929. The number of pyridine rings is 1. The summed E-state index contributed by atoms with van der Waals surface area (Å²) < 4.78 is 8.29. The first kappa shape index (κ1) is 13.5. The Labute approximate surface area is 119 Å². The Morgan fingerprint density at radius 2 is 2.20 bits per heavy atom. The molecule has 1 saturated heterocycles. The van der Waals surface area contributed by atoms with E-state index in [0.717, 1.165) is 42.8 Å². The van der Waals surface area contributed by atoms with Crippen LogP contribution >= 0.6 is 0 Å². The van der Waals surface area contributed by atoms with Crippen molar-refractivity contribution in [3.63, 3.8) is 0 Å². The van der Waals surface area contributed by atoms with Crippen molar-refractivity contribution in [2.75, 3.05) is 13.1 Å². The molecule has 0 atom stereocenters. The lowest BCUT2D eigenvalue weighted by molar-refractivity contribution is 0.0163. The van der Waals surface area contributed by atoms with Crippen LogP contribution < -0.4 is 5.32 Å². The maximum atomic E-state index is 6.05. The third-order valence-corrected chi connectivity index (χ3v) is 3.82. The SMILES string of the molecule is CC(C)n1c(COC2CCNCC2)nc2cnccc21. The Morgan fingerprint density at radius 3 is 2.95 bits per heavy atom. The summed E-state index contributed by atoms with van der Waals surface area (Å²) in [6.45, 7) is 7.03. The number of hydrogen-bond acceptors (Lipinski definition) is 4. The van der Waals surface area contributed by atoms with E-state index in [-0.39, 0.29) is 0 Å². The highest BCUT2D eigenvalue weighted by atomic mass is 16.5. The van der Waals surface area contributed by atoms with Crippen molar-refractivity contribution >= 4 is 11.0 Å². The standard InChI is InChI=1S/C15H22N4O/c1-11(2)19-14-5-8-17-9-13(14)18-15(19)10-20-12-3-6-16-7-4-12/h5,8-9,11-12,16H,3-4,6-7,10H2,1-2H3. The highest BCUT2D eigenvalue weighted by Gasteiger charge is 2.17. The van der Waals surface area contributed by atoms with Crippen LogP contribution in [0.1, 0.15) is 38.6 Å². The van der Waals surface area contributed by atoms with Crippen LogP contribution in [0, 0.1) is 0 Å². The molecule has 0 amide bonds. The zero-order chi connectivity index (χ0) is 13.9. The number of hydrogen-bond donors (Lipinski definition) is 1. The molecular weight excluding hydrogens is 252 g/mol. The van der Waals surface area contributed by atoms with Crippen molar-refractivity contribution < 1.29 is 4.74 Å². The Morgan fingerprint density at radius 1 is 1.40 bits per heavy atom. The van der Waals surface area contributed by atoms with Gasteiger partial charge in [-0.1, -0.05) is 0 Å². The Balaban J connectivity index is 1.81. The topological polar surface area (TPSA) is 52.0 Å². The van der Waals surface area contributed by atoms with Crippen LogP contribution in [0.15, 0.2) is 18.5 Å². The second kappa shape index (κ2) is 5.89. The summed E-state index contributed by atoms with van der Waals surface area (Å²) in [5.41, 5.74) is 2.09. The smallest absolute Gasteiger partial charge is 0.136 e. The maximum Gasteiger partial charge on any atom is 0.136 e. The van der Waals surface area contributed by atoms with Gasteiger partial charge in [-0.2, -0.15) is 0 Å². The molecule has 2 aromatic heterocycles. The van der Waals surface area contributed by atoms with Crippen molar-refractivity contribution in [2.45, 2.75) is 45.4 Å². The largest absolute Gasteiger partial charge is 0.370 e. The summed E-state index contributed by atoms with van der Waals surface area (Å²) in [6.07, 6.45) is 6.17. The monoisotopic (exact) mass is 274 g/mol. The van der Waals surface area contributed by atoms with Crippen LogP contribution in [0.3, 0.4) is 0 Å². The first-order valence-electron chi connectivity index (χ1n) is 7.39. The van der Waals surface area contributed by atoms with Gasteiger partial charge in [0.05, 0.1) is 17.8 Å². The van der Waals surface area contributed by atoms with E-state index in [1.807, 2.05) is 18.5 Å². The van der Waals surface area contributed by atoms with Crippen molar-refractivity contribution in [3.05, 3.63) is 24.3 Å². The zero-order valence-electron chi connectivity index (χ0n) is 12.2. The first-order chi connectivity index (χ1) is 9.75. The average molecular weight is 274 g/mol. The molecule has 0 unspecified atom stereocenters. The molecule has 1 aliphatic heterocycles. The van der Waals surface area contributed by atoms with Gasteiger partial charge >= 0.3 is 0 Å². The molecule has 108 valence electrons. The van der Waals surface area contributed by atoms with Crippen LogP contribution in [0.4, 0.5) is 0 Å². The normalized spacial score (nSPS) is 17.1. The molecule has 20 heavy (non-hydrogen) atoms. The minimum atomic E-state index is 0.356. The maximum absolute atomic E-state index is 6.05. The Kier molecular flexibility index (Phi) is 3.98. The summed E-state index contributed by atoms with van der Waals surface area (Å²) >= 11 is 0. The molecule has 5 nitrogen and oxygen atoms in total. The molecule has 1 aliphatic rings. The molecule has 0 radical (unpaired) electrons. The summed E-state index contributed by atoms with van der Waals surface area (Å²) in [4.78, 5) is 8.83. The van der Waals surface area contributed by atoms with Crippen LogP contribution in [-0.4, -0.2) is 33.7 Å². The van der Waals surface area contributed by atoms with Gasteiger partial charge in [-0.05, 0) is 45.8 Å². The first-order valence-corrected chi connectivity index (χ1v) is 7.39. The van der Waals surface area contributed by atoms with E-state index in [1.54, 1.807) is 0 Å². The van der Waals surface area contributed by atoms with E-state index in [0.29, 0.717) is 18.8 Å². The van der Waals surface area contributed by atoms with Crippen molar-refractivity contribution in [3.8, 4) is 0 Å². The molecule has 0 aromatic carbocycles. The van der Waals surface area contributed by atoms with Crippen molar-refractivity contribution in [2.24, 2.45) is 0 Å². The summed E-state index contributed by atoms with van der Waals surface area (Å²) in [5.74, 6) is 1.00. The molecule has 0 bridgehead atoms. The number of imidazole rings is 1. The van der Waals surface area contributed by atoms with Crippen LogP contribution in [-0.2, 0) is 11.3 Å². The van der Waals surface area contributed by atoms with Gasteiger partial charge < -0.3 is 14.6 Å². The van der Waals surface area contributed by atoms with Gasteiger partial charge in [0.15, 0.2) is 0 Å². The fourth-order valence-electron chi connectivity index (χ4n) is 2.83. The number of nitrogens with one attached hydrogen (secondary N) is 1. The molecular formula is C15H22N4O. The van der Waals surface area contributed by atoms with E-state index in [9.17, 15) is 0 Å². The number of piperidine rings is 1. The summed E-state index contributed by atoms with van der Waals surface area (Å²) in [6, 6.07) is 2.39. The number of nitrogens with zero attached hydrogens (tertiary/aromatic N) is 3. The van der Waals surface area contributed by atoms with Gasteiger partial charge in [0.2, 0.25) is 0 Å². The molecule has 5 heteroatoms. The Bertz CT molecular complexity index is 572. The summed E-state index contributed by atoms with van der Waals surface area (Å²) in [7, 11) is 0. The number of ether oxygens (including phenoxy) is 1. The van der Waals surface area contributed by atoms with Gasteiger partial charge in [0, 0.05) is 12.2 Å². The van der Waals surface area contributed by atoms with Gasteiger partial charge in [0.1, 0.15) is 17.9 Å². The minimum Gasteiger partial charge on any atom is -0.370 e. The third-order valence-electron chi connectivity index (χ3n) is 3.82. The lowest BCUT2D eigenvalue weighted by Crippen LogP contribution is -2.32. The number of fused-ring (bicyclic) bond motifs is 1. The van der Waals surface area contributed by atoms with Crippen LogP contribution in [0.5, 0.6) is 0 Å². The van der Waals surface area contributed by atoms with E-state index in [2.05, 4.69) is 33.7 Å². The predicted octanol–water partition coefficient (Wildman–Crippen LogP) is 2.28. The fraction of sp³-hybridized carbons (Fsp3) is 0.600. The summed E-state index contributed by atoms with van der Waals surface area (Å²) in [5, 5.41) is 3.35. The van der Waals surface area contributed by atoms with E-state index >= 15 is 0 Å². The molecule has 1 N–H and O–H groups in total. The second-order valence-electron chi connectivity index (χ2n) is 5.62. The molecule has 0 spiro atoms. The lowest BCUT2D eigenvalue weighted by atomic mass is 10.1. The van der Waals surface area contributed by atoms with Gasteiger partial charge in [-0.3, -0.25) is 4.98 Å². The van der Waals surface area contributed by atoms with Crippen LogP contribution in [0.25, 0.3) is 11.0 Å². The molecule has 2 aromatic rings. The van der Waals surface area contributed by atoms with Gasteiger partial charge in [-0.15, -0.1) is 0 Å². The predicted molar refractivity (Wildman–Crippen MR) is 78.6 cm³/mol. The Hall–Kier alpha value is -1.46. The molecule has 3 heterocycles. The van der Waals surface area contributed by atoms with Gasteiger partial charge in [0.25, 0.3) is 0 Å². The molecule has 3 rings (SSSR count). The third kappa shape index (κ3) is 2.69. The lowest BCUT2D eigenvalue weighted by Gasteiger charge is -2.23. The minimum absolute atomic E-state index is 0.356. The van der Waals surface area contributed by atoms with Crippen LogP contribution in [0.2, 0.25) is 0 Å². The van der Waals surface area contributed by atoms with Crippen molar-refractivity contribution in [1.29, 1.82) is 0 Å². The van der Waals surface area contributed by atoms with E-state index in [1.165, 1.54) is 0 Å².